The van der Waals surface area contributed by atoms with Gasteiger partial charge in [0.25, 0.3) is 0 Å². The van der Waals surface area contributed by atoms with Crippen LogP contribution in [0.3, 0.4) is 0 Å². The molecule has 4 heteroatoms. The molecule has 0 bridgehead atoms. The first-order valence-electron chi connectivity index (χ1n) is 7.56. The molecule has 1 unspecified atom stereocenters. The molecule has 0 spiro atoms. The molecule has 1 aliphatic heterocycles. The van der Waals surface area contributed by atoms with Crippen molar-refractivity contribution >= 4 is 5.82 Å². The Labute approximate surface area is 126 Å². The number of aryl methyl sites for hydroxylation is 1. The number of pyridine rings is 2. The summed E-state index contributed by atoms with van der Waals surface area (Å²) in [6, 6.07) is 11.0. The van der Waals surface area contributed by atoms with Crippen molar-refractivity contribution in [1.82, 2.24) is 14.9 Å². The van der Waals surface area contributed by atoms with Crippen LogP contribution in [0.25, 0.3) is 0 Å². The molecule has 21 heavy (non-hydrogen) atoms. The summed E-state index contributed by atoms with van der Waals surface area (Å²) >= 11 is 0. The number of rotatable bonds is 4. The van der Waals surface area contributed by atoms with Crippen LogP contribution in [-0.2, 0) is 6.54 Å². The van der Waals surface area contributed by atoms with E-state index in [4.69, 9.17) is 0 Å². The zero-order valence-corrected chi connectivity index (χ0v) is 12.7. The highest BCUT2D eigenvalue weighted by Gasteiger charge is 2.26. The largest absolute Gasteiger partial charge is 0.373 e. The molecule has 0 amide bonds. The van der Waals surface area contributed by atoms with Crippen LogP contribution in [0, 0.1) is 6.92 Å². The summed E-state index contributed by atoms with van der Waals surface area (Å²) in [6.45, 7) is 4.11. The van der Waals surface area contributed by atoms with Crippen LogP contribution in [-0.4, -0.2) is 28.5 Å². The van der Waals surface area contributed by atoms with Crippen molar-refractivity contribution < 1.29 is 0 Å². The van der Waals surface area contributed by atoms with Gasteiger partial charge in [-0.2, -0.15) is 0 Å². The van der Waals surface area contributed by atoms with E-state index in [0.29, 0.717) is 6.04 Å². The van der Waals surface area contributed by atoms with E-state index in [9.17, 15) is 0 Å². The summed E-state index contributed by atoms with van der Waals surface area (Å²) in [6.07, 6.45) is 4.34. The van der Waals surface area contributed by atoms with E-state index < -0.39 is 0 Å². The van der Waals surface area contributed by atoms with Crippen molar-refractivity contribution in [3.8, 4) is 0 Å². The first-order valence-corrected chi connectivity index (χ1v) is 7.56. The van der Waals surface area contributed by atoms with Gasteiger partial charge in [0, 0.05) is 31.5 Å². The highest BCUT2D eigenvalue weighted by atomic mass is 15.2. The Morgan fingerprint density at radius 1 is 1.33 bits per heavy atom. The maximum Gasteiger partial charge on any atom is 0.125 e. The molecule has 1 atom stereocenters. The van der Waals surface area contributed by atoms with Gasteiger partial charge in [-0.15, -0.1) is 0 Å². The van der Waals surface area contributed by atoms with Crippen molar-refractivity contribution in [3.63, 3.8) is 0 Å². The minimum atomic E-state index is 0.474. The SMILES string of the molecule is CNc1cc(C2CCCN2Cc2cccc(C)n2)ccn1. The monoisotopic (exact) mass is 282 g/mol. The van der Waals surface area contributed by atoms with Crippen molar-refractivity contribution in [2.24, 2.45) is 0 Å². The van der Waals surface area contributed by atoms with Crippen LogP contribution in [0.4, 0.5) is 5.82 Å². The number of hydrogen-bond donors (Lipinski definition) is 1. The average molecular weight is 282 g/mol. The van der Waals surface area contributed by atoms with E-state index in [1.807, 2.05) is 26.2 Å². The normalized spacial score (nSPS) is 18.9. The second-order valence-electron chi connectivity index (χ2n) is 5.62. The maximum atomic E-state index is 4.63. The van der Waals surface area contributed by atoms with Crippen LogP contribution in [0.15, 0.2) is 36.5 Å². The number of hydrogen-bond acceptors (Lipinski definition) is 4. The molecule has 1 N–H and O–H groups in total. The van der Waals surface area contributed by atoms with Gasteiger partial charge in [0.2, 0.25) is 0 Å². The van der Waals surface area contributed by atoms with E-state index in [1.54, 1.807) is 0 Å². The minimum absolute atomic E-state index is 0.474. The third-order valence-electron chi connectivity index (χ3n) is 4.10. The molecular formula is C17H22N4. The average Bonchev–Trinajstić information content (AvgIpc) is 2.95. The fourth-order valence-corrected chi connectivity index (χ4v) is 3.08. The van der Waals surface area contributed by atoms with E-state index in [0.717, 1.165) is 30.3 Å². The molecule has 110 valence electrons. The van der Waals surface area contributed by atoms with Gasteiger partial charge in [-0.3, -0.25) is 9.88 Å². The minimum Gasteiger partial charge on any atom is -0.373 e. The van der Waals surface area contributed by atoms with Crippen molar-refractivity contribution in [3.05, 3.63) is 53.5 Å². The molecule has 1 saturated heterocycles. The lowest BCUT2D eigenvalue weighted by atomic mass is 10.1. The van der Waals surface area contributed by atoms with E-state index in [2.05, 4.69) is 44.5 Å². The molecule has 2 aromatic heterocycles. The number of nitrogens with zero attached hydrogens (tertiary/aromatic N) is 3. The number of nitrogens with one attached hydrogen (secondary N) is 1. The molecule has 0 saturated carbocycles. The van der Waals surface area contributed by atoms with E-state index in [1.165, 1.54) is 18.4 Å². The van der Waals surface area contributed by atoms with Gasteiger partial charge >= 0.3 is 0 Å². The quantitative estimate of drug-likeness (QED) is 0.935. The number of aromatic nitrogens is 2. The van der Waals surface area contributed by atoms with Crippen LogP contribution in [0.1, 0.15) is 35.8 Å². The van der Waals surface area contributed by atoms with Gasteiger partial charge in [-0.25, -0.2) is 4.98 Å². The van der Waals surface area contributed by atoms with Gasteiger partial charge < -0.3 is 5.32 Å². The Balaban J connectivity index is 1.78. The van der Waals surface area contributed by atoms with Crippen LogP contribution >= 0.6 is 0 Å². The molecular weight excluding hydrogens is 260 g/mol. The number of anilines is 1. The van der Waals surface area contributed by atoms with Crippen molar-refractivity contribution in [2.75, 3.05) is 18.9 Å². The molecule has 4 nitrogen and oxygen atoms in total. The van der Waals surface area contributed by atoms with Gasteiger partial charge in [0.05, 0.1) is 5.69 Å². The Hall–Kier alpha value is -1.94. The first-order chi connectivity index (χ1) is 10.3. The summed E-state index contributed by atoms with van der Waals surface area (Å²) in [5, 5.41) is 3.12. The standard InChI is InChI=1S/C17H22N4/c1-13-5-3-6-15(20-13)12-21-10-4-7-16(21)14-8-9-19-17(11-14)18-2/h3,5-6,8-9,11,16H,4,7,10,12H2,1-2H3,(H,18,19). The molecule has 1 aliphatic rings. The summed E-state index contributed by atoms with van der Waals surface area (Å²) in [5.74, 6) is 0.938. The molecule has 0 radical (unpaired) electrons. The molecule has 2 aromatic rings. The Kier molecular flexibility index (Phi) is 4.15. The van der Waals surface area contributed by atoms with Crippen molar-refractivity contribution in [2.45, 2.75) is 32.4 Å². The predicted molar refractivity (Wildman–Crippen MR) is 85.1 cm³/mol. The van der Waals surface area contributed by atoms with Gasteiger partial charge in [-0.05, 0) is 56.1 Å². The Bertz CT molecular complexity index is 611. The fraction of sp³-hybridized carbons (Fsp3) is 0.412. The topological polar surface area (TPSA) is 41.0 Å². The third kappa shape index (κ3) is 3.22. The Morgan fingerprint density at radius 2 is 2.24 bits per heavy atom. The summed E-state index contributed by atoms with van der Waals surface area (Å²) in [7, 11) is 1.91. The fourth-order valence-electron chi connectivity index (χ4n) is 3.08. The summed E-state index contributed by atoms with van der Waals surface area (Å²) in [4.78, 5) is 11.5. The zero-order valence-electron chi connectivity index (χ0n) is 12.7. The Morgan fingerprint density at radius 3 is 3.05 bits per heavy atom. The van der Waals surface area contributed by atoms with Crippen LogP contribution < -0.4 is 5.32 Å². The predicted octanol–water partition coefficient (Wildman–Crippen LogP) is 3.16. The lowest BCUT2D eigenvalue weighted by Gasteiger charge is -2.24. The van der Waals surface area contributed by atoms with Crippen molar-refractivity contribution in [1.29, 1.82) is 0 Å². The lowest BCUT2D eigenvalue weighted by molar-refractivity contribution is 0.245. The summed E-state index contributed by atoms with van der Waals surface area (Å²) in [5.41, 5.74) is 3.59. The molecule has 1 fully saturated rings. The first kappa shape index (κ1) is 14.0. The van der Waals surface area contributed by atoms with Gasteiger partial charge in [-0.1, -0.05) is 6.07 Å². The highest BCUT2D eigenvalue weighted by Crippen LogP contribution is 2.33. The molecule has 0 aliphatic carbocycles. The smallest absolute Gasteiger partial charge is 0.125 e. The maximum absolute atomic E-state index is 4.63. The second kappa shape index (κ2) is 6.22. The van der Waals surface area contributed by atoms with Gasteiger partial charge in [0.1, 0.15) is 5.82 Å². The van der Waals surface area contributed by atoms with E-state index in [-0.39, 0.29) is 0 Å². The molecule has 3 rings (SSSR count). The van der Waals surface area contributed by atoms with Crippen LogP contribution in [0.5, 0.6) is 0 Å². The van der Waals surface area contributed by atoms with E-state index >= 15 is 0 Å². The molecule has 3 heterocycles. The second-order valence-corrected chi connectivity index (χ2v) is 5.62. The zero-order chi connectivity index (χ0) is 14.7. The summed E-state index contributed by atoms with van der Waals surface area (Å²) < 4.78 is 0. The third-order valence-corrected chi connectivity index (χ3v) is 4.10. The van der Waals surface area contributed by atoms with Crippen LogP contribution in [0.2, 0.25) is 0 Å². The molecule has 0 aromatic carbocycles. The van der Waals surface area contributed by atoms with Gasteiger partial charge in [0.15, 0.2) is 0 Å². The number of likely N-dealkylation sites (tertiary alicyclic amines) is 1. The lowest BCUT2D eigenvalue weighted by Crippen LogP contribution is -2.23. The highest BCUT2D eigenvalue weighted by molar-refractivity contribution is 5.38.